The van der Waals surface area contributed by atoms with Crippen LogP contribution in [0.15, 0.2) is 24.3 Å². The van der Waals surface area contributed by atoms with E-state index in [1.807, 2.05) is 32.0 Å². The lowest BCUT2D eigenvalue weighted by molar-refractivity contribution is 0.0794. The maximum atomic E-state index is 9.59. The van der Waals surface area contributed by atoms with Gasteiger partial charge in [0.2, 0.25) is 0 Å². The van der Waals surface area contributed by atoms with Crippen LogP contribution in [0.1, 0.15) is 33.3 Å². The van der Waals surface area contributed by atoms with E-state index in [0.717, 1.165) is 5.56 Å². The Morgan fingerprint density at radius 1 is 1.15 bits per heavy atom. The number of nitrogen functional groups attached to an aromatic ring is 1. The summed E-state index contributed by atoms with van der Waals surface area (Å²) in [7, 11) is 0. The molecular weight excluding hydrogens is 162 g/mol. The third-order valence-electron chi connectivity index (χ3n) is 1.62. The molecule has 2 nitrogen and oxygen atoms in total. The molecule has 0 fully saturated rings. The van der Waals surface area contributed by atoms with Gasteiger partial charge >= 0.3 is 0 Å². The number of aliphatic hydroxyl groups is 1. The van der Waals surface area contributed by atoms with Crippen molar-refractivity contribution in [1.82, 2.24) is 0 Å². The van der Waals surface area contributed by atoms with Crippen molar-refractivity contribution in [2.75, 3.05) is 5.73 Å². The second-order valence-electron chi connectivity index (χ2n) is 3.15. The molecule has 0 saturated carbocycles. The van der Waals surface area contributed by atoms with Crippen LogP contribution in [0, 0.1) is 0 Å². The number of para-hydroxylation sites is 1. The number of rotatable bonds is 1. The molecule has 1 rings (SSSR count). The molecule has 0 aromatic heterocycles. The summed E-state index contributed by atoms with van der Waals surface area (Å²) in [6.45, 7) is 7.44. The topological polar surface area (TPSA) is 46.2 Å². The van der Waals surface area contributed by atoms with Crippen LogP contribution >= 0.6 is 0 Å². The summed E-state index contributed by atoms with van der Waals surface area (Å²) in [6.07, 6.45) is 0. The van der Waals surface area contributed by atoms with Crippen LogP contribution < -0.4 is 5.73 Å². The van der Waals surface area contributed by atoms with Gasteiger partial charge in [0.05, 0.1) is 5.60 Å². The van der Waals surface area contributed by atoms with E-state index in [4.69, 9.17) is 5.73 Å². The van der Waals surface area contributed by atoms with Crippen LogP contribution in [0.2, 0.25) is 0 Å². The molecule has 1 aromatic carbocycles. The molecule has 3 N–H and O–H groups in total. The predicted molar refractivity (Wildman–Crippen MR) is 57.4 cm³/mol. The Morgan fingerprint density at radius 2 is 1.62 bits per heavy atom. The Kier molecular flexibility index (Phi) is 4.49. The van der Waals surface area contributed by atoms with Crippen molar-refractivity contribution in [1.29, 1.82) is 0 Å². The minimum atomic E-state index is -0.842. The second-order valence-corrected chi connectivity index (χ2v) is 3.15. The lowest BCUT2D eigenvalue weighted by atomic mass is 9.97. The molecule has 0 unspecified atom stereocenters. The Hall–Kier alpha value is -1.02. The average Bonchev–Trinajstić information content (AvgIpc) is 2.07. The van der Waals surface area contributed by atoms with Crippen LogP contribution in [-0.2, 0) is 5.60 Å². The summed E-state index contributed by atoms with van der Waals surface area (Å²) in [5.74, 6) is 0. The number of benzene rings is 1. The molecule has 0 amide bonds. The van der Waals surface area contributed by atoms with Gasteiger partial charge in [-0.2, -0.15) is 0 Å². The van der Waals surface area contributed by atoms with E-state index in [1.54, 1.807) is 19.9 Å². The van der Waals surface area contributed by atoms with E-state index in [9.17, 15) is 5.11 Å². The normalized spacial score (nSPS) is 10.2. The van der Waals surface area contributed by atoms with Crippen LogP contribution in [0.4, 0.5) is 5.69 Å². The van der Waals surface area contributed by atoms with Crippen molar-refractivity contribution in [3.05, 3.63) is 29.8 Å². The fraction of sp³-hybridized carbons (Fsp3) is 0.455. The fourth-order valence-corrected chi connectivity index (χ4v) is 1.05. The van der Waals surface area contributed by atoms with Crippen molar-refractivity contribution < 1.29 is 5.11 Å². The number of hydrogen-bond donors (Lipinski definition) is 2. The maximum absolute atomic E-state index is 9.59. The highest BCUT2D eigenvalue weighted by Gasteiger charge is 2.17. The SMILES string of the molecule is CC.CC(C)(O)c1ccccc1N. The van der Waals surface area contributed by atoms with E-state index in [1.165, 1.54) is 0 Å². The molecule has 74 valence electrons. The van der Waals surface area contributed by atoms with Gasteiger partial charge in [-0.15, -0.1) is 0 Å². The zero-order valence-electron chi connectivity index (χ0n) is 8.83. The van der Waals surface area contributed by atoms with Crippen LogP contribution in [0.25, 0.3) is 0 Å². The molecule has 13 heavy (non-hydrogen) atoms. The highest BCUT2D eigenvalue weighted by atomic mass is 16.3. The van der Waals surface area contributed by atoms with E-state index < -0.39 is 5.60 Å². The molecular formula is C11H19NO. The van der Waals surface area contributed by atoms with Crippen LogP contribution in [0.3, 0.4) is 0 Å². The largest absolute Gasteiger partial charge is 0.398 e. The summed E-state index contributed by atoms with van der Waals surface area (Å²) in [6, 6.07) is 7.33. The molecule has 0 heterocycles. The molecule has 0 atom stereocenters. The molecule has 0 aliphatic carbocycles. The minimum Gasteiger partial charge on any atom is -0.398 e. The Morgan fingerprint density at radius 3 is 1.92 bits per heavy atom. The van der Waals surface area contributed by atoms with Crippen molar-refractivity contribution in [3.8, 4) is 0 Å². The molecule has 0 aliphatic rings. The zero-order chi connectivity index (χ0) is 10.5. The molecule has 0 spiro atoms. The van der Waals surface area contributed by atoms with Gasteiger partial charge in [0.15, 0.2) is 0 Å². The molecule has 0 aliphatic heterocycles. The van der Waals surface area contributed by atoms with E-state index in [-0.39, 0.29) is 0 Å². The summed E-state index contributed by atoms with van der Waals surface area (Å²) >= 11 is 0. The van der Waals surface area contributed by atoms with Crippen molar-refractivity contribution in [3.63, 3.8) is 0 Å². The first-order valence-electron chi connectivity index (χ1n) is 4.59. The highest BCUT2D eigenvalue weighted by Crippen LogP contribution is 2.24. The van der Waals surface area contributed by atoms with Crippen LogP contribution in [-0.4, -0.2) is 5.11 Å². The molecule has 2 heteroatoms. The zero-order valence-corrected chi connectivity index (χ0v) is 8.83. The molecule has 0 saturated heterocycles. The quantitative estimate of drug-likeness (QED) is 0.654. The summed E-state index contributed by atoms with van der Waals surface area (Å²) in [4.78, 5) is 0. The van der Waals surface area contributed by atoms with Crippen LogP contribution in [0.5, 0.6) is 0 Å². The van der Waals surface area contributed by atoms with Gasteiger partial charge in [0.25, 0.3) is 0 Å². The van der Waals surface area contributed by atoms with Gasteiger partial charge in [-0.25, -0.2) is 0 Å². The summed E-state index contributed by atoms with van der Waals surface area (Å²) in [5, 5.41) is 9.59. The third-order valence-corrected chi connectivity index (χ3v) is 1.62. The fourth-order valence-electron chi connectivity index (χ4n) is 1.05. The van der Waals surface area contributed by atoms with Gasteiger partial charge in [0, 0.05) is 11.3 Å². The lowest BCUT2D eigenvalue weighted by Crippen LogP contribution is -2.17. The van der Waals surface area contributed by atoms with Gasteiger partial charge in [-0.3, -0.25) is 0 Å². The van der Waals surface area contributed by atoms with Gasteiger partial charge in [0.1, 0.15) is 0 Å². The lowest BCUT2D eigenvalue weighted by Gasteiger charge is -2.19. The second kappa shape index (κ2) is 4.87. The standard InChI is InChI=1S/C9H13NO.C2H6/c1-9(2,11)7-5-3-4-6-8(7)10;1-2/h3-6,11H,10H2,1-2H3;1-2H3. The highest BCUT2D eigenvalue weighted by molar-refractivity contribution is 5.48. The smallest absolute Gasteiger partial charge is 0.0860 e. The van der Waals surface area contributed by atoms with Crippen molar-refractivity contribution >= 4 is 5.69 Å². The minimum absolute atomic E-state index is 0.639. The Labute approximate surface area is 80.4 Å². The van der Waals surface area contributed by atoms with Crippen molar-refractivity contribution in [2.24, 2.45) is 0 Å². The first kappa shape index (κ1) is 12.0. The van der Waals surface area contributed by atoms with Gasteiger partial charge < -0.3 is 10.8 Å². The van der Waals surface area contributed by atoms with Gasteiger partial charge in [-0.05, 0) is 19.9 Å². The first-order chi connectivity index (χ1) is 6.02. The number of hydrogen-bond acceptors (Lipinski definition) is 2. The summed E-state index contributed by atoms with van der Waals surface area (Å²) < 4.78 is 0. The average molecular weight is 181 g/mol. The van der Waals surface area contributed by atoms with E-state index >= 15 is 0 Å². The first-order valence-corrected chi connectivity index (χ1v) is 4.59. The van der Waals surface area contributed by atoms with E-state index in [0.29, 0.717) is 5.69 Å². The Balaban J connectivity index is 0.000000671. The van der Waals surface area contributed by atoms with Gasteiger partial charge in [-0.1, -0.05) is 32.0 Å². The number of anilines is 1. The Bertz CT molecular complexity index is 251. The molecule has 1 aromatic rings. The number of nitrogens with two attached hydrogens (primary N) is 1. The third kappa shape index (κ3) is 3.47. The molecule has 0 radical (unpaired) electrons. The monoisotopic (exact) mass is 181 g/mol. The maximum Gasteiger partial charge on any atom is 0.0860 e. The molecule has 0 bridgehead atoms. The van der Waals surface area contributed by atoms with Crippen molar-refractivity contribution in [2.45, 2.75) is 33.3 Å². The predicted octanol–water partition coefficient (Wildman–Crippen LogP) is 2.52. The van der Waals surface area contributed by atoms with E-state index in [2.05, 4.69) is 0 Å². The summed E-state index contributed by atoms with van der Waals surface area (Å²) in [5.41, 5.74) is 6.22.